The van der Waals surface area contributed by atoms with Gasteiger partial charge in [-0.25, -0.2) is 0 Å². The van der Waals surface area contributed by atoms with Crippen molar-refractivity contribution in [3.8, 4) is 0 Å². The third kappa shape index (κ3) is 3.54. The smallest absolute Gasteiger partial charge is 0.185 e. The highest BCUT2D eigenvalue weighted by Gasteiger charge is 2.39. The maximum atomic E-state index is 10.3. The highest BCUT2D eigenvalue weighted by molar-refractivity contribution is 5.13. The molecular formula is C15H23NO3. The lowest BCUT2D eigenvalue weighted by Gasteiger charge is -2.27. The first-order valence-electron chi connectivity index (χ1n) is 6.95. The Labute approximate surface area is 114 Å². The number of nitrogens with zero attached hydrogens (tertiary/aromatic N) is 1. The molecule has 0 aliphatic carbocycles. The van der Waals surface area contributed by atoms with Gasteiger partial charge in [-0.3, -0.25) is 4.90 Å². The monoisotopic (exact) mass is 265 g/mol. The molecule has 1 N–H and O–H groups in total. The molecule has 0 saturated carbocycles. The molecule has 0 unspecified atom stereocenters. The SMILES string of the molecule is CCN(CC)[C@@H]1CO[C@@H](OCc2ccccc2)[C@H]1O. The number of likely N-dealkylation sites (N-methyl/N-ethyl adjacent to an activating group) is 1. The van der Waals surface area contributed by atoms with Crippen LogP contribution in [0.25, 0.3) is 0 Å². The maximum Gasteiger partial charge on any atom is 0.185 e. The standard InChI is InChI=1S/C15H23NO3/c1-3-16(4-2)13-11-19-15(14(13)17)18-10-12-8-6-5-7-9-12/h5-9,13-15,17H,3-4,10-11H2,1-2H3/t13-,14+,15-/m1/s1. The number of aliphatic hydroxyl groups excluding tert-OH is 1. The van der Waals surface area contributed by atoms with Crippen LogP contribution in [0.4, 0.5) is 0 Å². The Morgan fingerprint density at radius 1 is 1.26 bits per heavy atom. The van der Waals surface area contributed by atoms with Crippen LogP contribution in [0.15, 0.2) is 30.3 Å². The van der Waals surface area contributed by atoms with E-state index in [2.05, 4.69) is 18.7 Å². The van der Waals surface area contributed by atoms with E-state index in [1.165, 1.54) is 0 Å². The van der Waals surface area contributed by atoms with Crippen molar-refractivity contribution in [2.24, 2.45) is 0 Å². The van der Waals surface area contributed by atoms with Gasteiger partial charge >= 0.3 is 0 Å². The lowest BCUT2D eigenvalue weighted by Crippen LogP contribution is -2.44. The summed E-state index contributed by atoms with van der Waals surface area (Å²) in [6.45, 7) is 7.00. The van der Waals surface area contributed by atoms with Gasteiger partial charge in [-0.05, 0) is 18.7 Å². The number of aliphatic hydroxyl groups is 1. The average molecular weight is 265 g/mol. The minimum Gasteiger partial charge on any atom is -0.386 e. The van der Waals surface area contributed by atoms with E-state index in [0.29, 0.717) is 13.2 Å². The molecule has 1 aliphatic heterocycles. The molecule has 1 aromatic carbocycles. The van der Waals surface area contributed by atoms with E-state index in [1.54, 1.807) is 0 Å². The molecule has 0 aromatic heterocycles. The lowest BCUT2D eigenvalue weighted by atomic mass is 10.1. The Kier molecular flexibility index (Phi) is 5.34. The summed E-state index contributed by atoms with van der Waals surface area (Å²) in [6.07, 6.45) is -1.10. The molecule has 1 saturated heterocycles. The van der Waals surface area contributed by atoms with Crippen LogP contribution in [0.2, 0.25) is 0 Å². The number of rotatable bonds is 6. The van der Waals surface area contributed by atoms with Crippen LogP contribution in [0.1, 0.15) is 19.4 Å². The van der Waals surface area contributed by atoms with Crippen LogP contribution in [-0.4, -0.2) is 48.1 Å². The molecule has 3 atom stereocenters. The zero-order valence-corrected chi connectivity index (χ0v) is 11.7. The molecule has 0 amide bonds. The predicted molar refractivity (Wildman–Crippen MR) is 73.7 cm³/mol. The quantitative estimate of drug-likeness (QED) is 0.849. The van der Waals surface area contributed by atoms with Gasteiger partial charge in [-0.1, -0.05) is 44.2 Å². The van der Waals surface area contributed by atoms with E-state index in [9.17, 15) is 5.11 Å². The maximum absolute atomic E-state index is 10.3. The first kappa shape index (κ1) is 14.5. The van der Waals surface area contributed by atoms with Gasteiger partial charge in [0.05, 0.1) is 19.3 Å². The number of benzene rings is 1. The predicted octanol–water partition coefficient (Wildman–Crippen LogP) is 1.63. The van der Waals surface area contributed by atoms with E-state index >= 15 is 0 Å². The Bertz CT molecular complexity index is 367. The fraction of sp³-hybridized carbons (Fsp3) is 0.600. The van der Waals surface area contributed by atoms with Crippen molar-refractivity contribution >= 4 is 0 Å². The van der Waals surface area contributed by atoms with Crippen LogP contribution in [-0.2, 0) is 16.1 Å². The molecule has 1 fully saturated rings. The Balaban J connectivity index is 1.86. The minimum absolute atomic E-state index is 0.0378. The summed E-state index contributed by atoms with van der Waals surface area (Å²) in [7, 11) is 0. The number of hydrogen-bond donors (Lipinski definition) is 1. The first-order valence-corrected chi connectivity index (χ1v) is 6.95. The van der Waals surface area contributed by atoms with Gasteiger partial charge in [0, 0.05) is 0 Å². The van der Waals surface area contributed by atoms with Crippen molar-refractivity contribution < 1.29 is 14.6 Å². The summed E-state index contributed by atoms with van der Waals surface area (Å²) >= 11 is 0. The third-order valence-corrected chi connectivity index (χ3v) is 3.64. The fourth-order valence-corrected chi connectivity index (χ4v) is 2.49. The molecule has 4 nitrogen and oxygen atoms in total. The van der Waals surface area contributed by atoms with Crippen molar-refractivity contribution in [2.45, 2.75) is 38.9 Å². The molecule has 0 radical (unpaired) electrons. The third-order valence-electron chi connectivity index (χ3n) is 3.64. The highest BCUT2D eigenvalue weighted by atomic mass is 16.7. The Hall–Kier alpha value is -0.940. The zero-order valence-electron chi connectivity index (χ0n) is 11.7. The molecular weight excluding hydrogens is 242 g/mol. The molecule has 2 rings (SSSR count). The Morgan fingerprint density at radius 3 is 2.58 bits per heavy atom. The van der Waals surface area contributed by atoms with Gasteiger partial charge in [-0.2, -0.15) is 0 Å². The van der Waals surface area contributed by atoms with Crippen molar-refractivity contribution in [1.82, 2.24) is 4.90 Å². The van der Waals surface area contributed by atoms with E-state index in [4.69, 9.17) is 9.47 Å². The lowest BCUT2D eigenvalue weighted by molar-refractivity contribution is -0.158. The van der Waals surface area contributed by atoms with Gasteiger partial charge in [0.1, 0.15) is 6.10 Å². The fourth-order valence-electron chi connectivity index (χ4n) is 2.49. The second kappa shape index (κ2) is 7.01. The second-order valence-electron chi connectivity index (χ2n) is 4.78. The summed E-state index contributed by atoms with van der Waals surface area (Å²) in [4.78, 5) is 2.20. The van der Waals surface area contributed by atoms with Crippen LogP contribution in [0, 0.1) is 0 Å². The normalized spacial score (nSPS) is 27.1. The van der Waals surface area contributed by atoms with Crippen molar-refractivity contribution in [3.63, 3.8) is 0 Å². The zero-order chi connectivity index (χ0) is 13.7. The highest BCUT2D eigenvalue weighted by Crippen LogP contribution is 2.21. The summed E-state index contributed by atoms with van der Waals surface area (Å²) in [5, 5.41) is 10.3. The van der Waals surface area contributed by atoms with E-state index in [0.717, 1.165) is 18.7 Å². The topological polar surface area (TPSA) is 41.9 Å². The van der Waals surface area contributed by atoms with Crippen molar-refractivity contribution in [3.05, 3.63) is 35.9 Å². The number of hydrogen-bond acceptors (Lipinski definition) is 4. The molecule has 4 heteroatoms. The molecule has 0 spiro atoms. The molecule has 1 heterocycles. The van der Waals surface area contributed by atoms with E-state index in [-0.39, 0.29) is 6.04 Å². The second-order valence-corrected chi connectivity index (χ2v) is 4.78. The van der Waals surface area contributed by atoms with Crippen molar-refractivity contribution in [1.29, 1.82) is 0 Å². The van der Waals surface area contributed by atoms with E-state index < -0.39 is 12.4 Å². The van der Waals surface area contributed by atoms with Gasteiger partial charge in [0.15, 0.2) is 6.29 Å². The van der Waals surface area contributed by atoms with E-state index in [1.807, 2.05) is 30.3 Å². The molecule has 106 valence electrons. The Morgan fingerprint density at radius 2 is 1.95 bits per heavy atom. The van der Waals surface area contributed by atoms with Crippen LogP contribution < -0.4 is 0 Å². The molecule has 0 bridgehead atoms. The van der Waals surface area contributed by atoms with Crippen molar-refractivity contribution in [2.75, 3.05) is 19.7 Å². The van der Waals surface area contributed by atoms with Gasteiger partial charge in [-0.15, -0.1) is 0 Å². The molecule has 1 aromatic rings. The van der Waals surface area contributed by atoms with Crippen LogP contribution >= 0.6 is 0 Å². The van der Waals surface area contributed by atoms with Gasteiger partial charge < -0.3 is 14.6 Å². The summed E-state index contributed by atoms with van der Waals surface area (Å²) in [6, 6.07) is 9.97. The number of ether oxygens (including phenoxy) is 2. The summed E-state index contributed by atoms with van der Waals surface area (Å²) in [5.41, 5.74) is 1.09. The molecule has 19 heavy (non-hydrogen) atoms. The minimum atomic E-state index is -0.580. The first-order chi connectivity index (χ1) is 9.26. The largest absolute Gasteiger partial charge is 0.386 e. The summed E-state index contributed by atoms with van der Waals surface area (Å²) < 4.78 is 11.2. The molecule has 1 aliphatic rings. The van der Waals surface area contributed by atoms with Crippen LogP contribution in [0.5, 0.6) is 0 Å². The van der Waals surface area contributed by atoms with Crippen LogP contribution in [0.3, 0.4) is 0 Å². The summed E-state index contributed by atoms with van der Waals surface area (Å²) in [5.74, 6) is 0. The average Bonchev–Trinajstić information content (AvgIpc) is 2.81. The van der Waals surface area contributed by atoms with Gasteiger partial charge in [0.25, 0.3) is 0 Å². The van der Waals surface area contributed by atoms with Gasteiger partial charge in [0.2, 0.25) is 0 Å².